The minimum absolute atomic E-state index is 0.0621. The average Bonchev–Trinajstić information content (AvgIpc) is 3.62. The van der Waals surface area contributed by atoms with Crippen LogP contribution >= 0.6 is 0 Å². The van der Waals surface area contributed by atoms with Gasteiger partial charge in [-0.15, -0.1) is 0 Å². The van der Waals surface area contributed by atoms with Crippen LogP contribution in [0.25, 0.3) is 10.9 Å². The Bertz CT molecular complexity index is 2340. The van der Waals surface area contributed by atoms with E-state index in [2.05, 4.69) is 36.9 Å². The zero-order valence-corrected chi connectivity index (χ0v) is 35.6. The Hall–Kier alpha value is -7.04. The molecule has 6 amide bonds. The van der Waals surface area contributed by atoms with E-state index < -0.39 is 96.5 Å². The summed E-state index contributed by atoms with van der Waals surface area (Å²) in [6.07, 6.45) is 1.01. The van der Waals surface area contributed by atoms with Crippen molar-refractivity contribution in [2.75, 3.05) is 13.1 Å². The molecule has 0 bridgehead atoms. The van der Waals surface area contributed by atoms with Gasteiger partial charge in [0.2, 0.25) is 35.4 Å². The van der Waals surface area contributed by atoms with E-state index in [1.165, 1.54) is 13.8 Å². The van der Waals surface area contributed by atoms with E-state index in [0.717, 1.165) is 22.0 Å². The first-order valence-electron chi connectivity index (χ1n) is 20.2. The van der Waals surface area contributed by atoms with Gasteiger partial charge < -0.3 is 46.4 Å². The quantitative estimate of drug-likeness (QED) is 0.110. The highest BCUT2D eigenvalue weighted by Gasteiger charge is 2.34. The predicted octanol–water partition coefficient (Wildman–Crippen LogP) is 1.96. The SMILES string of the molecule is Cc1cc(C)c2c(c1)OC(=O)[C@H](C)NC(=O)[C@H](CC(=O)OCc1ccccc1)NC(=O)CNC(=O)CNC(=O)[C@H](C)NC(=O)[C@H](Cc1c[nH]c3ccccc13)NC(=O)CC2(C)C. The van der Waals surface area contributed by atoms with Crippen molar-refractivity contribution in [3.05, 3.63) is 101 Å². The van der Waals surface area contributed by atoms with Crippen molar-refractivity contribution in [2.45, 2.75) is 97.0 Å². The Morgan fingerprint density at radius 2 is 1.39 bits per heavy atom. The maximum absolute atomic E-state index is 14.0. The summed E-state index contributed by atoms with van der Waals surface area (Å²) in [7, 11) is 0. The van der Waals surface area contributed by atoms with Gasteiger partial charge in [-0.05, 0) is 62.1 Å². The topological polar surface area (TPSA) is 243 Å². The lowest BCUT2D eigenvalue weighted by atomic mass is 9.78. The number of H-pyrrole nitrogens is 1. The minimum Gasteiger partial charge on any atom is -0.461 e. The number of hydrogen-bond donors (Lipinski definition) is 7. The first-order chi connectivity index (χ1) is 29.4. The van der Waals surface area contributed by atoms with Crippen LogP contribution in [0.5, 0.6) is 5.75 Å². The van der Waals surface area contributed by atoms with E-state index in [9.17, 15) is 38.4 Å². The van der Waals surface area contributed by atoms with Gasteiger partial charge in [0.25, 0.3) is 0 Å². The van der Waals surface area contributed by atoms with Crippen molar-refractivity contribution in [3.63, 3.8) is 0 Å². The molecule has 4 aromatic rings. The molecule has 0 fully saturated rings. The second kappa shape index (κ2) is 20.5. The van der Waals surface area contributed by atoms with E-state index in [-0.39, 0.29) is 25.2 Å². The summed E-state index contributed by atoms with van der Waals surface area (Å²) in [5, 5.41) is 16.0. The van der Waals surface area contributed by atoms with Crippen molar-refractivity contribution in [1.29, 1.82) is 0 Å². The molecule has 0 unspecified atom stereocenters. The van der Waals surface area contributed by atoms with E-state index in [4.69, 9.17) is 9.47 Å². The molecule has 4 atom stereocenters. The van der Waals surface area contributed by atoms with Gasteiger partial charge in [0.1, 0.15) is 36.5 Å². The number of aromatic nitrogens is 1. The van der Waals surface area contributed by atoms with Crippen LogP contribution in [0.2, 0.25) is 0 Å². The number of carbonyl (C=O) groups excluding carboxylic acids is 8. The fourth-order valence-electron chi connectivity index (χ4n) is 7.27. The highest BCUT2D eigenvalue weighted by atomic mass is 16.5. The summed E-state index contributed by atoms with van der Waals surface area (Å²) in [4.78, 5) is 110. The Labute approximate surface area is 358 Å². The van der Waals surface area contributed by atoms with Gasteiger partial charge in [0.15, 0.2) is 0 Å². The first-order valence-corrected chi connectivity index (χ1v) is 20.2. The van der Waals surface area contributed by atoms with E-state index >= 15 is 0 Å². The molecule has 17 nitrogen and oxygen atoms in total. The molecule has 0 spiro atoms. The van der Waals surface area contributed by atoms with Crippen LogP contribution in [0.1, 0.15) is 68.4 Å². The molecule has 0 aliphatic carbocycles. The summed E-state index contributed by atoms with van der Waals surface area (Å²) < 4.78 is 11.3. The van der Waals surface area contributed by atoms with E-state index in [0.29, 0.717) is 16.7 Å². The molecule has 0 saturated heterocycles. The van der Waals surface area contributed by atoms with Crippen molar-refractivity contribution < 1.29 is 47.8 Å². The summed E-state index contributed by atoms with van der Waals surface area (Å²) >= 11 is 0. The number of ether oxygens (including phenoxy) is 2. The molecule has 1 aromatic heterocycles. The third kappa shape index (κ3) is 12.5. The minimum atomic E-state index is -1.54. The van der Waals surface area contributed by atoms with Crippen molar-refractivity contribution in [1.82, 2.24) is 36.9 Å². The monoisotopic (exact) mass is 851 g/mol. The van der Waals surface area contributed by atoms with Gasteiger partial charge in [-0.25, -0.2) is 4.79 Å². The number of aromatic amines is 1. The largest absolute Gasteiger partial charge is 0.461 e. The van der Waals surface area contributed by atoms with Crippen LogP contribution in [0, 0.1) is 13.8 Å². The van der Waals surface area contributed by atoms with Gasteiger partial charge in [-0.3, -0.25) is 33.6 Å². The molecule has 3 aromatic carbocycles. The summed E-state index contributed by atoms with van der Waals surface area (Å²) in [5.74, 6) is -6.02. The van der Waals surface area contributed by atoms with Gasteiger partial charge in [-0.1, -0.05) is 68.4 Å². The summed E-state index contributed by atoms with van der Waals surface area (Å²) in [6, 6.07) is 14.6. The van der Waals surface area contributed by atoms with Gasteiger partial charge in [-0.2, -0.15) is 0 Å². The molecule has 1 aliphatic heterocycles. The van der Waals surface area contributed by atoms with Crippen molar-refractivity contribution in [2.24, 2.45) is 0 Å². The third-order valence-electron chi connectivity index (χ3n) is 10.3. The van der Waals surface area contributed by atoms with E-state index in [1.54, 1.807) is 63.4 Å². The van der Waals surface area contributed by atoms with Gasteiger partial charge >= 0.3 is 11.9 Å². The number of amides is 6. The summed E-state index contributed by atoms with van der Waals surface area (Å²) in [5.41, 5.74) is 3.24. The molecule has 0 saturated carbocycles. The standard InChI is InChI=1S/C45H53N7O10/c1-25-16-26(2)40-35(17-25)62-44(60)28(4)50-43(59)34(19-39(56)61-24-29-12-8-7-9-13-29)52-38(55)23-47-37(54)22-48-41(57)27(3)49-42(58)33(51-36(53)20-45(40,5)6)18-30-21-46-32-15-11-10-14-31(30)32/h7-17,21,27-28,33-34,46H,18-20,22-24H2,1-6H3,(H,47,54)(H,48,57)(H,49,58)(H,50,59)(H,51,53)(H,52,55)/t27-,28-,33-,34-/m0/s1. The first kappa shape index (κ1) is 46.0. The number of para-hydroxylation sites is 1. The van der Waals surface area contributed by atoms with Crippen LogP contribution in [0.3, 0.4) is 0 Å². The van der Waals surface area contributed by atoms with Crippen LogP contribution in [-0.4, -0.2) is 89.6 Å². The molecule has 7 N–H and O–H groups in total. The fourth-order valence-corrected chi connectivity index (χ4v) is 7.27. The van der Waals surface area contributed by atoms with E-state index in [1.807, 2.05) is 37.3 Å². The molecule has 0 radical (unpaired) electrons. The van der Waals surface area contributed by atoms with Gasteiger partial charge in [0.05, 0.1) is 19.5 Å². The molecule has 62 heavy (non-hydrogen) atoms. The maximum atomic E-state index is 14.0. The summed E-state index contributed by atoms with van der Waals surface area (Å²) in [6.45, 7) is 8.65. The molecular weight excluding hydrogens is 799 g/mol. The second-order valence-corrected chi connectivity index (χ2v) is 16.0. The van der Waals surface area contributed by atoms with Crippen molar-refractivity contribution in [3.8, 4) is 5.75 Å². The number of aryl methyl sites for hydroxylation is 2. The average molecular weight is 852 g/mol. The normalized spacial score (nSPS) is 21.1. The number of carbonyl (C=O) groups is 8. The molecule has 17 heteroatoms. The highest BCUT2D eigenvalue weighted by molar-refractivity contribution is 5.96. The van der Waals surface area contributed by atoms with Crippen LogP contribution in [0.4, 0.5) is 0 Å². The van der Waals surface area contributed by atoms with Gasteiger partial charge in [0, 0.05) is 40.9 Å². The third-order valence-corrected chi connectivity index (χ3v) is 10.3. The zero-order valence-electron chi connectivity index (χ0n) is 35.6. The molecule has 328 valence electrons. The second-order valence-electron chi connectivity index (χ2n) is 16.0. The Morgan fingerprint density at radius 1 is 0.742 bits per heavy atom. The Balaban J connectivity index is 1.42. The molecule has 1 aliphatic rings. The number of benzene rings is 3. The Kier molecular flexibility index (Phi) is 15.2. The maximum Gasteiger partial charge on any atom is 0.333 e. The fraction of sp³-hybridized carbons (Fsp3) is 0.378. The lowest BCUT2D eigenvalue weighted by molar-refractivity contribution is -0.147. The predicted molar refractivity (Wildman–Crippen MR) is 227 cm³/mol. The smallest absolute Gasteiger partial charge is 0.333 e. The number of esters is 2. The van der Waals surface area contributed by atoms with Crippen LogP contribution in [-0.2, 0) is 61.5 Å². The van der Waals surface area contributed by atoms with Crippen molar-refractivity contribution >= 4 is 58.3 Å². The number of nitrogens with one attached hydrogen (secondary N) is 7. The lowest BCUT2D eigenvalue weighted by Gasteiger charge is -2.30. The van der Waals surface area contributed by atoms with Crippen LogP contribution in [0.15, 0.2) is 72.9 Å². The number of rotatable bonds is 6. The highest BCUT2D eigenvalue weighted by Crippen LogP contribution is 2.38. The van der Waals surface area contributed by atoms with Crippen LogP contribution < -0.4 is 36.6 Å². The number of hydrogen-bond acceptors (Lipinski definition) is 10. The molecule has 2 heterocycles. The zero-order chi connectivity index (χ0) is 45.1. The lowest BCUT2D eigenvalue weighted by Crippen LogP contribution is -2.55. The molecule has 5 rings (SSSR count). The molecular formula is C45H53N7O10. The Morgan fingerprint density at radius 3 is 2.13 bits per heavy atom. The number of fused-ring (bicyclic) bond motifs is 2.